The van der Waals surface area contributed by atoms with Crippen molar-refractivity contribution in [1.82, 2.24) is 5.32 Å². The van der Waals surface area contributed by atoms with Crippen molar-refractivity contribution in [3.63, 3.8) is 0 Å². The van der Waals surface area contributed by atoms with E-state index in [-0.39, 0.29) is 19.4 Å². The summed E-state index contributed by atoms with van der Waals surface area (Å²) >= 11 is 0. The Hall–Kier alpha value is -1.14. The van der Waals surface area contributed by atoms with Crippen molar-refractivity contribution in [3.05, 3.63) is 0 Å². The molecule has 0 aromatic carbocycles. The molecular weight excluding hydrogens is 190 g/mol. The second-order valence-electron chi connectivity index (χ2n) is 3.02. The Morgan fingerprint density at radius 3 is 2.36 bits per heavy atom. The van der Waals surface area contributed by atoms with Gasteiger partial charge in [0.1, 0.15) is 6.04 Å². The van der Waals surface area contributed by atoms with Gasteiger partial charge in [-0.05, 0) is 6.92 Å². The number of carboxylic acid groups (broad SMARTS) is 1. The van der Waals surface area contributed by atoms with Crippen molar-refractivity contribution in [2.45, 2.75) is 31.9 Å². The van der Waals surface area contributed by atoms with Crippen LogP contribution in [0.4, 0.5) is 0 Å². The van der Waals surface area contributed by atoms with Crippen molar-refractivity contribution in [2.24, 2.45) is 0 Å². The lowest BCUT2D eigenvalue weighted by atomic mass is 10.2. The van der Waals surface area contributed by atoms with E-state index in [9.17, 15) is 9.59 Å². The van der Waals surface area contributed by atoms with Crippen LogP contribution in [0.5, 0.6) is 0 Å². The zero-order valence-corrected chi connectivity index (χ0v) is 7.93. The third kappa shape index (κ3) is 5.50. The maximum Gasteiger partial charge on any atom is 0.326 e. The summed E-state index contributed by atoms with van der Waals surface area (Å²) in [5.74, 6) is -1.74. The minimum Gasteiger partial charge on any atom is -0.480 e. The molecule has 0 saturated carbocycles. The molecule has 82 valence electrons. The lowest BCUT2D eigenvalue weighted by Gasteiger charge is -2.13. The number of carbonyl (C=O) groups excluding carboxylic acids is 1. The predicted octanol–water partition coefficient (Wildman–Crippen LogP) is -1.29. The number of amides is 1. The molecule has 4 N–H and O–H groups in total. The maximum absolute atomic E-state index is 11.0. The van der Waals surface area contributed by atoms with E-state index in [2.05, 4.69) is 5.32 Å². The van der Waals surface area contributed by atoms with Gasteiger partial charge in [0.2, 0.25) is 5.91 Å². The van der Waals surface area contributed by atoms with Crippen LogP contribution in [-0.2, 0) is 9.59 Å². The second-order valence-corrected chi connectivity index (χ2v) is 3.02. The third-order valence-corrected chi connectivity index (χ3v) is 1.53. The summed E-state index contributed by atoms with van der Waals surface area (Å²) in [7, 11) is 0. The van der Waals surface area contributed by atoms with Crippen LogP contribution in [0.3, 0.4) is 0 Å². The lowest BCUT2D eigenvalue weighted by molar-refractivity contribution is -0.142. The predicted molar refractivity (Wildman–Crippen MR) is 47.6 cm³/mol. The fourth-order valence-electron chi connectivity index (χ4n) is 0.908. The van der Waals surface area contributed by atoms with E-state index in [0.717, 1.165) is 0 Å². The van der Waals surface area contributed by atoms with E-state index >= 15 is 0 Å². The number of carboxylic acids is 1. The fourth-order valence-corrected chi connectivity index (χ4v) is 0.908. The largest absolute Gasteiger partial charge is 0.480 e. The van der Waals surface area contributed by atoms with Crippen LogP contribution in [0, 0.1) is 0 Å². The van der Waals surface area contributed by atoms with Crippen LogP contribution in [0.1, 0.15) is 19.8 Å². The van der Waals surface area contributed by atoms with Gasteiger partial charge in [-0.15, -0.1) is 0 Å². The molecule has 0 aliphatic heterocycles. The highest BCUT2D eigenvalue weighted by molar-refractivity contribution is 5.83. The highest BCUT2D eigenvalue weighted by Crippen LogP contribution is 1.95. The molecule has 0 bridgehead atoms. The molecule has 0 unspecified atom stereocenters. The van der Waals surface area contributed by atoms with Gasteiger partial charge in [0.25, 0.3) is 0 Å². The van der Waals surface area contributed by atoms with E-state index in [4.69, 9.17) is 15.3 Å². The van der Waals surface area contributed by atoms with Crippen LogP contribution < -0.4 is 5.32 Å². The molecule has 0 aliphatic carbocycles. The molecule has 0 fully saturated rings. The molecule has 1 amide bonds. The minimum absolute atomic E-state index is 0.0408. The normalized spacial score (nSPS) is 14.5. The van der Waals surface area contributed by atoms with Crippen molar-refractivity contribution < 1.29 is 24.9 Å². The Balaban J connectivity index is 4.02. The molecule has 0 saturated heterocycles. The van der Waals surface area contributed by atoms with Crippen LogP contribution in [-0.4, -0.2) is 45.9 Å². The van der Waals surface area contributed by atoms with E-state index in [0.29, 0.717) is 0 Å². The zero-order valence-electron chi connectivity index (χ0n) is 7.93. The summed E-state index contributed by atoms with van der Waals surface area (Å²) in [5, 5.41) is 28.2. The van der Waals surface area contributed by atoms with Gasteiger partial charge >= 0.3 is 5.97 Å². The van der Waals surface area contributed by atoms with Crippen LogP contribution in [0.15, 0.2) is 0 Å². The standard InChI is InChI=1S/C8H15NO5/c1-5(11)4-7(12)9-6(2-3-10)8(13)14/h5-6,10-11H,2-4H2,1H3,(H,9,12)(H,13,14)/t5-,6+/m1/s1. The summed E-state index contributed by atoms with van der Waals surface area (Å²) in [6, 6.07) is -1.09. The number of nitrogens with one attached hydrogen (secondary N) is 1. The molecule has 0 heterocycles. The van der Waals surface area contributed by atoms with E-state index < -0.39 is 24.0 Å². The molecule has 0 aliphatic rings. The van der Waals surface area contributed by atoms with Crippen molar-refractivity contribution >= 4 is 11.9 Å². The highest BCUT2D eigenvalue weighted by Gasteiger charge is 2.19. The van der Waals surface area contributed by atoms with E-state index in [1.54, 1.807) is 0 Å². The van der Waals surface area contributed by atoms with Gasteiger partial charge in [-0.25, -0.2) is 4.79 Å². The molecule has 0 radical (unpaired) electrons. The summed E-state index contributed by atoms with van der Waals surface area (Å²) in [6.45, 7) is 1.12. The average Bonchev–Trinajstić information content (AvgIpc) is 2.01. The molecule has 2 atom stereocenters. The minimum atomic E-state index is -1.20. The fraction of sp³-hybridized carbons (Fsp3) is 0.750. The van der Waals surface area contributed by atoms with Gasteiger partial charge in [0.15, 0.2) is 0 Å². The summed E-state index contributed by atoms with van der Waals surface area (Å²) in [5.41, 5.74) is 0. The van der Waals surface area contributed by atoms with Gasteiger partial charge in [-0.1, -0.05) is 0 Å². The Morgan fingerprint density at radius 2 is 2.00 bits per heavy atom. The smallest absolute Gasteiger partial charge is 0.326 e. The Kier molecular flexibility index (Phi) is 5.82. The molecule has 0 spiro atoms. The van der Waals surface area contributed by atoms with Crippen LogP contribution in [0.25, 0.3) is 0 Å². The number of aliphatic hydroxyl groups excluding tert-OH is 2. The third-order valence-electron chi connectivity index (χ3n) is 1.53. The van der Waals surface area contributed by atoms with E-state index in [1.807, 2.05) is 0 Å². The SMILES string of the molecule is C[C@@H](O)CC(=O)N[C@@H](CCO)C(=O)O. The molecule has 6 heteroatoms. The first-order valence-corrected chi connectivity index (χ1v) is 4.28. The lowest BCUT2D eigenvalue weighted by Crippen LogP contribution is -2.42. The molecule has 0 aromatic rings. The van der Waals surface area contributed by atoms with Gasteiger partial charge in [-0.2, -0.15) is 0 Å². The van der Waals surface area contributed by atoms with Gasteiger partial charge in [-0.3, -0.25) is 4.79 Å². The Bertz CT molecular complexity index is 204. The van der Waals surface area contributed by atoms with Gasteiger partial charge in [0, 0.05) is 13.0 Å². The Labute approximate surface area is 81.5 Å². The number of rotatable bonds is 6. The highest BCUT2D eigenvalue weighted by atomic mass is 16.4. The topological polar surface area (TPSA) is 107 Å². The molecular formula is C8H15NO5. The molecule has 0 rings (SSSR count). The van der Waals surface area contributed by atoms with Gasteiger partial charge in [0.05, 0.1) is 12.5 Å². The van der Waals surface area contributed by atoms with Crippen LogP contribution in [0.2, 0.25) is 0 Å². The maximum atomic E-state index is 11.0. The number of carbonyl (C=O) groups is 2. The van der Waals surface area contributed by atoms with Gasteiger partial charge < -0.3 is 20.6 Å². The van der Waals surface area contributed by atoms with Crippen molar-refractivity contribution in [2.75, 3.05) is 6.61 Å². The molecule has 14 heavy (non-hydrogen) atoms. The van der Waals surface area contributed by atoms with E-state index in [1.165, 1.54) is 6.92 Å². The summed E-state index contributed by atoms with van der Waals surface area (Å²) in [6.07, 6.45) is -0.991. The van der Waals surface area contributed by atoms with Crippen molar-refractivity contribution in [3.8, 4) is 0 Å². The zero-order chi connectivity index (χ0) is 11.1. The first-order chi connectivity index (χ1) is 6.47. The first-order valence-electron chi connectivity index (χ1n) is 4.28. The quantitative estimate of drug-likeness (QED) is 0.431. The average molecular weight is 205 g/mol. The second kappa shape index (κ2) is 6.33. The summed E-state index contributed by atoms with van der Waals surface area (Å²) in [4.78, 5) is 21.5. The first kappa shape index (κ1) is 12.9. The molecule has 6 nitrogen and oxygen atoms in total. The molecule has 0 aromatic heterocycles. The number of hydrogen-bond acceptors (Lipinski definition) is 4. The van der Waals surface area contributed by atoms with Crippen molar-refractivity contribution in [1.29, 1.82) is 0 Å². The van der Waals surface area contributed by atoms with Crippen LogP contribution >= 0.6 is 0 Å². The Morgan fingerprint density at radius 1 is 1.43 bits per heavy atom. The summed E-state index contributed by atoms with van der Waals surface area (Å²) < 4.78 is 0. The number of aliphatic hydroxyl groups is 2. The number of hydrogen-bond donors (Lipinski definition) is 4. The number of aliphatic carboxylic acids is 1. The monoisotopic (exact) mass is 205 g/mol.